The Morgan fingerprint density at radius 1 is 0.969 bits per heavy atom. The summed E-state index contributed by atoms with van der Waals surface area (Å²) in [6.45, 7) is 8.92. The van der Waals surface area contributed by atoms with Crippen LogP contribution in [0.1, 0.15) is 43.6 Å². The number of Topliss-reactive ketones (excluding diaryl/α,β-unsaturated/α-hetero) is 1. The second-order valence-electron chi connectivity index (χ2n) is 7.91. The molecule has 0 radical (unpaired) electrons. The summed E-state index contributed by atoms with van der Waals surface area (Å²) in [6, 6.07) is 14.6. The highest BCUT2D eigenvalue weighted by Crippen LogP contribution is 2.32. The van der Waals surface area contributed by atoms with Gasteiger partial charge in [-0.2, -0.15) is 0 Å². The molecule has 7 nitrogen and oxygen atoms in total. The number of aliphatic carboxylic acids is 2. The van der Waals surface area contributed by atoms with Crippen LogP contribution in [0, 0.1) is 5.92 Å². The van der Waals surface area contributed by atoms with E-state index in [1.165, 1.54) is 5.56 Å². The molecule has 7 heteroatoms. The molecule has 1 aromatic rings. The highest BCUT2D eigenvalue weighted by atomic mass is 16.4. The zero-order valence-electron chi connectivity index (χ0n) is 18.6. The Labute approximate surface area is 187 Å². The molecule has 0 unspecified atom stereocenters. The average Bonchev–Trinajstić information content (AvgIpc) is 2.94. The summed E-state index contributed by atoms with van der Waals surface area (Å²) in [6.07, 6.45) is 1.12. The van der Waals surface area contributed by atoms with Gasteiger partial charge in [0.05, 0.1) is 11.2 Å². The molecule has 2 aliphatic rings. The summed E-state index contributed by atoms with van der Waals surface area (Å²) in [7, 11) is 0. The standard InChI is InChI=1S/C21H24N2O.C4H4O4/c1-13(2)21(24)15-7-5-9-17-18-10-6-8-16(12-22-14(3)4)20(18)23-19(17)11-15;5-3(6)1-2-4(7)8/h5-11,13-14,22H,12H2,1-4H3;1-2H,(H,5,6)(H,7,8)/b;2-1+. The molecule has 1 heterocycles. The average molecular weight is 437 g/mol. The van der Waals surface area contributed by atoms with Crippen molar-refractivity contribution in [3.05, 3.63) is 65.7 Å². The molecule has 0 fully saturated rings. The Balaban J connectivity index is 0.000000390. The predicted octanol–water partition coefficient (Wildman–Crippen LogP) is 4.39. The molecule has 0 saturated carbocycles. The number of hydrogen-bond donors (Lipinski definition) is 3. The first-order chi connectivity index (χ1) is 15.1. The van der Waals surface area contributed by atoms with Crippen LogP contribution < -0.4 is 5.32 Å². The molecule has 1 aromatic carbocycles. The summed E-state index contributed by atoms with van der Waals surface area (Å²) in [5, 5.41) is 20.2. The lowest BCUT2D eigenvalue weighted by Crippen LogP contribution is -2.21. The molecule has 1 aliphatic heterocycles. The van der Waals surface area contributed by atoms with Gasteiger partial charge in [-0.05, 0) is 11.6 Å². The van der Waals surface area contributed by atoms with E-state index in [9.17, 15) is 14.4 Å². The fraction of sp³-hybridized carbons (Fsp3) is 0.280. The van der Waals surface area contributed by atoms with Crippen LogP contribution in [0.15, 0.2) is 54.6 Å². The number of carbonyl (C=O) groups excluding carboxylic acids is 1. The maximum Gasteiger partial charge on any atom is 0.328 e. The van der Waals surface area contributed by atoms with E-state index in [0.717, 1.165) is 34.3 Å². The highest BCUT2D eigenvalue weighted by Gasteiger charge is 2.16. The number of nitrogens with zero attached hydrogens (tertiary/aromatic N) is 1. The maximum atomic E-state index is 12.3. The van der Waals surface area contributed by atoms with E-state index >= 15 is 0 Å². The van der Waals surface area contributed by atoms with Crippen LogP contribution in [0.5, 0.6) is 0 Å². The van der Waals surface area contributed by atoms with Crippen molar-refractivity contribution in [2.24, 2.45) is 5.92 Å². The number of aromatic nitrogens is 1. The molecule has 0 saturated heterocycles. The number of ketones is 1. The summed E-state index contributed by atoms with van der Waals surface area (Å²) in [4.78, 5) is 36.3. The van der Waals surface area contributed by atoms with Crippen molar-refractivity contribution < 1.29 is 24.6 Å². The minimum Gasteiger partial charge on any atom is -0.478 e. The lowest BCUT2D eigenvalue weighted by atomic mass is 10.0. The third-order valence-electron chi connectivity index (χ3n) is 4.63. The van der Waals surface area contributed by atoms with Crippen molar-refractivity contribution >= 4 is 28.6 Å². The van der Waals surface area contributed by atoms with Crippen LogP contribution in [-0.4, -0.2) is 39.0 Å². The minimum absolute atomic E-state index is 0.0161. The normalized spacial score (nSPS) is 11.2. The van der Waals surface area contributed by atoms with E-state index in [0.29, 0.717) is 18.2 Å². The largest absolute Gasteiger partial charge is 0.478 e. The molecule has 3 N–H and O–H groups in total. The van der Waals surface area contributed by atoms with Gasteiger partial charge in [0, 0.05) is 47.2 Å². The van der Waals surface area contributed by atoms with Gasteiger partial charge in [-0.15, -0.1) is 0 Å². The minimum atomic E-state index is -1.26. The molecular weight excluding hydrogens is 408 g/mol. The van der Waals surface area contributed by atoms with Gasteiger partial charge in [0.1, 0.15) is 0 Å². The molecule has 3 rings (SSSR count). The molecule has 0 atom stereocenters. The smallest absolute Gasteiger partial charge is 0.328 e. The summed E-state index contributed by atoms with van der Waals surface area (Å²) < 4.78 is 0. The van der Waals surface area contributed by atoms with Gasteiger partial charge in [0.25, 0.3) is 0 Å². The molecule has 32 heavy (non-hydrogen) atoms. The highest BCUT2D eigenvalue weighted by molar-refractivity contribution is 6.02. The van der Waals surface area contributed by atoms with Gasteiger partial charge in [-0.1, -0.05) is 64.1 Å². The molecule has 0 spiro atoms. The van der Waals surface area contributed by atoms with Crippen molar-refractivity contribution in [3.63, 3.8) is 0 Å². The van der Waals surface area contributed by atoms with Crippen molar-refractivity contribution in [3.8, 4) is 11.3 Å². The van der Waals surface area contributed by atoms with Crippen LogP contribution in [-0.2, 0) is 16.1 Å². The number of carboxylic acid groups (broad SMARTS) is 2. The summed E-state index contributed by atoms with van der Waals surface area (Å²) in [5.41, 5.74) is 4.92. The Kier molecular flexibility index (Phi) is 8.61. The molecule has 0 amide bonds. The van der Waals surface area contributed by atoms with Crippen LogP contribution in [0.25, 0.3) is 22.2 Å². The van der Waals surface area contributed by atoms with Gasteiger partial charge in [0.2, 0.25) is 0 Å². The molecule has 0 aromatic heterocycles. The topological polar surface area (TPSA) is 117 Å². The quantitative estimate of drug-likeness (QED) is 0.371. The number of hydrogen-bond acceptors (Lipinski definition) is 5. The maximum absolute atomic E-state index is 12.3. The van der Waals surface area contributed by atoms with E-state index in [4.69, 9.17) is 15.2 Å². The van der Waals surface area contributed by atoms with Gasteiger partial charge in [0.15, 0.2) is 5.78 Å². The van der Waals surface area contributed by atoms with Gasteiger partial charge in [-0.3, -0.25) is 4.79 Å². The van der Waals surface area contributed by atoms with Gasteiger partial charge < -0.3 is 15.5 Å². The molecule has 168 valence electrons. The first kappa shape index (κ1) is 24.7. The van der Waals surface area contributed by atoms with E-state index in [2.05, 4.69) is 43.4 Å². The van der Waals surface area contributed by atoms with Crippen LogP contribution in [0.4, 0.5) is 0 Å². The molecule has 0 bridgehead atoms. The van der Waals surface area contributed by atoms with E-state index < -0.39 is 11.9 Å². The molecule has 1 aliphatic carbocycles. The van der Waals surface area contributed by atoms with Crippen LogP contribution in [0.3, 0.4) is 0 Å². The van der Waals surface area contributed by atoms with Crippen molar-refractivity contribution in [2.45, 2.75) is 40.3 Å². The van der Waals surface area contributed by atoms with Crippen molar-refractivity contribution in [2.75, 3.05) is 0 Å². The van der Waals surface area contributed by atoms with Gasteiger partial charge in [-0.25, -0.2) is 14.6 Å². The van der Waals surface area contributed by atoms with Crippen molar-refractivity contribution in [1.29, 1.82) is 0 Å². The second-order valence-corrected chi connectivity index (χ2v) is 7.91. The lowest BCUT2D eigenvalue weighted by Gasteiger charge is -2.08. The second kappa shape index (κ2) is 11.2. The number of nitrogens with one attached hydrogen (secondary N) is 1. The van der Waals surface area contributed by atoms with Crippen molar-refractivity contribution in [1.82, 2.24) is 10.3 Å². The first-order valence-corrected chi connectivity index (χ1v) is 10.3. The number of benzene rings is 1. The Morgan fingerprint density at radius 3 is 2.16 bits per heavy atom. The summed E-state index contributed by atoms with van der Waals surface area (Å²) >= 11 is 0. The zero-order chi connectivity index (χ0) is 23.8. The Hall–Kier alpha value is -3.58. The predicted molar refractivity (Wildman–Crippen MR) is 124 cm³/mol. The number of rotatable bonds is 7. The fourth-order valence-electron chi connectivity index (χ4n) is 3.07. The van der Waals surface area contributed by atoms with Crippen LogP contribution >= 0.6 is 0 Å². The third-order valence-corrected chi connectivity index (χ3v) is 4.63. The van der Waals surface area contributed by atoms with E-state index in [1.807, 2.05) is 32.0 Å². The third kappa shape index (κ3) is 6.72. The number of carboxylic acids is 2. The first-order valence-electron chi connectivity index (χ1n) is 10.3. The number of fused-ring (bicyclic) bond motifs is 3. The SMILES string of the molecule is CC(C)NCc1cccc2c3cccc(C(=O)C(C)C)cc-3nc12.O=C(O)/C=C/C(=O)O. The lowest BCUT2D eigenvalue weighted by molar-refractivity contribution is -0.134. The molecular formula is C25H28N2O5. The van der Waals surface area contributed by atoms with E-state index in [1.54, 1.807) is 0 Å². The Morgan fingerprint density at radius 2 is 1.59 bits per heavy atom. The Bertz CT molecular complexity index is 1100. The van der Waals surface area contributed by atoms with Crippen LogP contribution in [0.2, 0.25) is 0 Å². The number of para-hydroxylation sites is 1. The van der Waals surface area contributed by atoms with Gasteiger partial charge >= 0.3 is 11.9 Å². The fourth-order valence-corrected chi connectivity index (χ4v) is 3.07. The number of carbonyl (C=O) groups is 3. The summed E-state index contributed by atoms with van der Waals surface area (Å²) in [5.74, 6) is -2.38. The monoisotopic (exact) mass is 436 g/mol. The van der Waals surface area contributed by atoms with E-state index in [-0.39, 0.29) is 11.7 Å². The zero-order valence-corrected chi connectivity index (χ0v) is 18.6.